The Bertz CT molecular complexity index is 331. The van der Waals surface area contributed by atoms with E-state index < -0.39 is 35.6 Å². The van der Waals surface area contributed by atoms with Gasteiger partial charge in [-0.15, -0.1) is 0 Å². The Morgan fingerprint density at radius 3 is 1.50 bits per heavy atom. The molecule has 0 saturated carbocycles. The van der Waals surface area contributed by atoms with Crippen molar-refractivity contribution in [3.63, 3.8) is 0 Å². The predicted octanol–water partition coefficient (Wildman–Crippen LogP) is 3.14. The van der Waals surface area contributed by atoms with Crippen LogP contribution in [0, 0.1) is 0 Å². The lowest BCUT2D eigenvalue weighted by molar-refractivity contribution is 0.0634. The monoisotopic (exact) mass is 338 g/mol. The van der Waals surface area contributed by atoms with Crippen molar-refractivity contribution in [2.75, 3.05) is 0 Å². The summed E-state index contributed by atoms with van der Waals surface area (Å²) in [6.07, 6.45) is 0.784. The average molecular weight is 339 g/mol. The normalized spacial score (nSPS) is 18.0. The second-order valence-corrected chi connectivity index (χ2v) is 19.5. The van der Waals surface area contributed by atoms with Crippen LogP contribution in [-0.2, 0) is 8.85 Å². The van der Waals surface area contributed by atoms with Gasteiger partial charge < -0.3 is 18.4 Å². The molecule has 0 aromatic rings. The third kappa shape index (κ3) is 5.04. The van der Waals surface area contributed by atoms with Crippen molar-refractivity contribution in [3.8, 4) is 0 Å². The number of hydrogen-bond acceptors (Lipinski definition) is 4. The molecule has 4 nitrogen and oxygen atoms in total. The first-order valence-electron chi connectivity index (χ1n) is 7.32. The fourth-order valence-corrected chi connectivity index (χ4v) is 9.13. The second kappa shape index (κ2) is 5.94. The lowest BCUT2D eigenvalue weighted by Gasteiger charge is -2.49. The van der Waals surface area contributed by atoms with Crippen molar-refractivity contribution in [2.45, 2.75) is 83.8 Å². The Morgan fingerprint density at radius 2 is 1.25 bits per heavy atom. The molecule has 2 N–H and O–H groups in total. The summed E-state index contributed by atoms with van der Waals surface area (Å²) < 4.78 is 12.5. The highest BCUT2D eigenvalue weighted by molar-refractivity contribution is 6.78. The topological polar surface area (TPSA) is 58.9 Å². The molecule has 0 spiro atoms. The van der Waals surface area contributed by atoms with Gasteiger partial charge in [-0.2, -0.15) is 0 Å². The Hall–Kier alpha value is 0.491. The van der Waals surface area contributed by atoms with Gasteiger partial charge in [0.2, 0.25) is 16.6 Å². The van der Waals surface area contributed by atoms with E-state index in [4.69, 9.17) is 8.85 Å². The Balaban J connectivity index is 5.38. The first-order chi connectivity index (χ1) is 8.47. The smallest absolute Gasteiger partial charge is 0.329 e. The van der Waals surface area contributed by atoms with Crippen LogP contribution in [0.1, 0.15) is 34.1 Å². The SMILES string of the molecule is CC[C@](C)(O[Si](C)(C)O)[Si](C)(C)OC(C)(C)[Si](C)(C)O. The molecule has 0 rings (SSSR count). The molecule has 1 atom stereocenters. The molecule has 0 amide bonds. The molecular formula is C13H34O4Si3. The molecule has 0 radical (unpaired) electrons. The molecule has 0 aromatic heterocycles. The van der Waals surface area contributed by atoms with Gasteiger partial charge >= 0.3 is 8.56 Å². The second-order valence-electron chi connectivity index (χ2n) is 7.81. The van der Waals surface area contributed by atoms with Crippen LogP contribution in [-0.4, -0.2) is 45.2 Å². The van der Waals surface area contributed by atoms with E-state index >= 15 is 0 Å². The highest BCUT2D eigenvalue weighted by atomic mass is 28.4. The lowest BCUT2D eigenvalue weighted by Crippen LogP contribution is -2.66. The average Bonchev–Trinajstić information content (AvgIpc) is 2.10. The highest BCUT2D eigenvalue weighted by Crippen LogP contribution is 2.36. The standard InChI is InChI=1S/C13H34O4Si3/c1-11-13(4,17-20(9,10)15)19(7,8)16-12(2,3)18(5,6)14/h14-15H,11H2,1-10H3/t13-/m1/s1. The molecule has 122 valence electrons. The van der Waals surface area contributed by atoms with Gasteiger partial charge in [0, 0.05) is 0 Å². The zero-order valence-electron chi connectivity index (χ0n) is 14.9. The summed E-state index contributed by atoms with van der Waals surface area (Å²) in [4.78, 5) is 20.6. The molecule has 0 aliphatic rings. The largest absolute Gasteiger partial charge is 0.429 e. The van der Waals surface area contributed by atoms with E-state index in [9.17, 15) is 9.59 Å². The van der Waals surface area contributed by atoms with Gasteiger partial charge in [-0.3, -0.25) is 0 Å². The van der Waals surface area contributed by atoms with Gasteiger partial charge in [0.15, 0.2) is 0 Å². The van der Waals surface area contributed by atoms with Crippen LogP contribution in [0.25, 0.3) is 0 Å². The summed E-state index contributed by atoms with van der Waals surface area (Å²) in [6, 6.07) is 0. The minimum Gasteiger partial charge on any atom is -0.429 e. The van der Waals surface area contributed by atoms with Gasteiger partial charge in [-0.25, -0.2) is 0 Å². The summed E-state index contributed by atoms with van der Waals surface area (Å²) in [5.74, 6) is 0. The molecule has 0 aliphatic heterocycles. The van der Waals surface area contributed by atoms with E-state index in [1.165, 1.54) is 0 Å². The molecule has 0 aliphatic carbocycles. The minimum absolute atomic E-state index is 0.464. The first-order valence-corrected chi connectivity index (χ1v) is 16.0. The fourth-order valence-electron chi connectivity index (χ4n) is 2.04. The van der Waals surface area contributed by atoms with E-state index in [0.29, 0.717) is 0 Å². The van der Waals surface area contributed by atoms with Gasteiger partial charge in [-0.1, -0.05) is 6.92 Å². The molecule has 0 aromatic carbocycles. The maximum absolute atomic E-state index is 10.4. The Labute approximate surface area is 128 Å². The minimum atomic E-state index is -2.64. The summed E-state index contributed by atoms with van der Waals surface area (Å²) in [5.41, 5.74) is 0. The summed E-state index contributed by atoms with van der Waals surface area (Å²) in [5, 5.41) is -1.00. The molecule has 0 fully saturated rings. The highest BCUT2D eigenvalue weighted by Gasteiger charge is 2.53. The van der Waals surface area contributed by atoms with Crippen molar-refractivity contribution in [2.24, 2.45) is 0 Å². The zero-order valence-corrected chi connectivity index (χ0v) is 17.9. The maximum atomic E-state index is 10.4. The molecule has 20 heavy (non-hydrogen) atoms. The van der Waals surface area contributed by atoms with Gasteiger partial charge in [-0.05, 0) is 66.5 Å². The zero-order chi connectivity index (χ0) is 16.6. The molecule has 0 bridgehead atoms. The van der Waals surface area contributed by atoms with E-state index in [1.807, 2.05) is 33.9 Å². The quantitative estimate of drug-likeness (QED) is 0.700. The van der Waals surface area contributed by atoms with Crippen LogP contribution < -0.4 is 0 Å². The Morgan fingerprint density at radius 1 is 0.850 bits per heavy atom. The summed E-state index contributed by atoms with van der Waals surface area (Å²) in [7, 11) is -7.36. The summed E-state index contributed by atoms with van der Waals surface area (Å²) in [6.45, 7) is 19.6. The van der Waals surface area contributed by atoms with Gasteiger partial charge in [0.25, 0.3) is 0 Å². The van der Waals surface area contributed by atoms with E-state index in [1.54, 1.807) is 13.1 Å². The van der Waals surface area contributed by atoms with Crippen molar-refractivity contribution in [1.82, 2.24) is 0 Å². The number of rotatable bonds is 7. The first kappa shape index (κ1) is 20.5. The van der Waals surface area contributed by atoms with Crippen LogP contribution in [0.3, 0.4) is 0 Å². The molecular weight excluding hydrogens is 304 g/mol. The van der Waals surface area contributed by atoms with Crippen LogP contribution in [0.4, 0.5) is 0 Å². The lowest BCUT2D eigenvalue weighted by atomic mass is 10.3. The molecule has 0 unspecified atom stereocenters. The van der Waals surface area contributed by atoms with E-state index in [-0.39, 0.29) is 0 Å². The third-order valence-corrected chi connectivity index (χ3v) is 12.8. The van der Waals surface area contributed by atoms with Gasteiger partial charge in [0.1, 0.15) is 0 Å². The van der Waals surface area contributed by atoms with Crippen molar-refractivity contribution in [1.29, 1.82) is 0 Å². The van der Waals surface area contributed by atoms with Crippen LogP contribution >= 0.6 is 0 Å². The van der Waals surface area contributed by atoms with Crippen molar-refractivity contribution in [3.05, 3.63) is 0 Å². The summed E-state index contributed by atoms with van der Waals surface area (Å²) >= 11 is 0. The molecule has 0 heterocycles. The third-order valence-electron chi connectivity index (χ3n) is 4.41. The fraction of sp³-hybridized carbons (Fsp3) is 1.00. The van der Waals surface area contributed by atoms with Crippen LogP contribution in [0.2, 0.25) is 39.3 Å². The van der Waals surface area contributed by atoms with E-state index in [2.05, 4.69) is 20.0 Å². The van der Waals surface area contributed by atoms with Crippen molar-refractivity contribution < 1.29 is 18.4 Å². The van der Waals surface area contributed by atoms with E-state index in [0.717, 1.165) is 6.42 Å². The van der Waals surface area contributed by atoms with Gasteiger partial charge in [0.05, 0.1) is 10.4 Å². The van der Waals surface area contributed by atoms with Crippen LogP contribution in [0.5, 0.6) is 0 Å². The Kier molecular flexibility index (Phi) is 6.09. The predicted molar refractivity (Wildman–Crippen MR) is 91.8 cm³/mol. The molecule has 7 heteroatoms. The van der Waals surface area contributed by atoms with Crippen molar-refractivity contribution >= 4 is 25.2 Å². The molecule has 0 saturated heterocycles. The number of hydrogen-bond donors (Lipinski definition) is 2. The maximum Gasteiger partial charge on any atom is 0.329 e. The van der Waals surface area contributed by atoms with Crippen LogP contribution in [0.15, 0.2) is 0 Å².